The van der Waals surface area contributed by atoms with Crippen LogP contribution >= 0.6 is 7.82 Å². The van der Waals surface area contributed by atoms with Crippen LogP contribution in [0.5, 0.6) is 0 Å². The second kappa shape index (κ2) is 35.2. The van der Waals surface area contributed by atoms with E-state index in [2.05, 4.69) is 68.5 Å². The maximum atomic E-state index is 12.8. The van der Waals surface area contributed by atoms with Gasteiger partial charge >= 0.3 is 19.8 Å². The van der Waals surface area contributed by atoms with E-state index in [1.807, 2.05) is 6.08 Å². The normalized spacial score (nSPS) is 22.9. The van der Waals surface area contributed by atoms with Crippen LogP contribution in [0.3, 0.4) is 0 Å². The summed E-state index contributed by atoms with van der Waals surface area (Å²) in [6.45, 7) is 3.10. The number of hydrogen-bond donors (Lipinski definition) is 6. The SMILES string of the molecule is CC/C=C/C/C=C/C/C=C/C/C=C/CCCCC(=O)O[C@H](COC(=O)CCCCCCCCCCC/C=C/CCCC)COP(=O)(O)OC1C(O)C(O)C(O)[C@@H](O)C1O. The highest BCUT2D eigenvalue weighted by Crippen LogP contribution is 2.47. The Labute approximate surface area is 353 Å². The maximum absolute atomic E-state index is 12.8. The summed E-state index contributed by atoms with van der Waals surface area (Å²) in [6, 6.07) is 0. The summed E-state index contributed by atoms with van der Waals surface area (Å²) in [5.41, 5.74) is 0. The van der Waals surface area contributed by atoms with Gasteiger partial charge in [-0.15, -0.1) is 0 Å². The molecule has 6 N–H and O–H groups in total. The molecule has 1 saturated carbocycles. The quantitative estimate of drug-likeness (QED) is 0.0154. The van der Waals surface area contributed by atoms with E-state index in [9.17, 15) is 44.6 Å². The molecule has 0 spiro atoms. The average Bonchev–Trinajstić information content (AvgIpc) is 3.21. The molecule has 0 amide bonds. The van der Waals surface area contributed by atoms with Crippen molar-refractivity contribution in [3.8, 4) is 0 Å². The van der Waals surface area contributed by atoms with Gasteiger partial charge in [-0.2, -0.15) is 0 Å². The minimum Gasteiger partial charge on any atom is -0.462 e. The minimum atomic E-state index is -5.13. The second-order valence-corrected chi connectivity index (χ2v) is 16.6. The molecule has 0 heterocycles. The van der Waals surface area contributed by atoms with Gasteiger partial charge in [0.2, 0.25) is 0 Å². The highest BCUT2D eigenvalue weighted by molar-refractivity contribution is 7.47. The molecule has 1 fully saturated rings. The summed E-state index contributed by atoms with van der Waals surface area (Å²) in [7, 11) is -5.13. The zero-order valence-electron chi connectivity index (χ0n) is 35.8. The van der Waals surface area contributed by atoms with Gasteiger partial charge in [0, 0.05) is 12.8 Å². The first kappa shape index (κ1) is 54.6. The third-order valence-electron chi connectivity index (χ3n) is 9.84. The van der Waals surface area contributed by atoms with E-state index < -0.39 is 75.7 Å². The predicted molar refractivity (Wildman–Crippen MR) is 230 cm³/mol. The van der Waals surface area contributed by atoms with Gasteiger partial charge in [0.25, 0.3) is 0 Å². The Morgan fingerprint density at radius 1 is 0.542 bits per heavy atom. The van der Waals surface area contributed by atoms with Crippen molar-refractivity contribution in [2.45, 2.75) is 198 Å². The largest absolute Gasteiger partial charge is 0.472 e. The molecule has 340 valence electrons. The molecule has 0 aromatic heterocycles. The lowest BCUT2D eigenvalue weighted by molar-refractivity contribution is -0.220. The zero-order chi connectivity index (χ0) is 43.6. The van der Waals surface area contributed by atoms with E-state index in [1.54, 1.807) is 0 Å². The van der Waals surface area contributed by atoms with Crippen LogP contribution in [0, 0.1) is 0 Å². The number of carbonyl (C=O) groups excluding carboxylic acids is 2. The van der Waals surface area contributed by atoms with Crippen molar-refractivity contribution < 1.29 is 63.1 Å². The number of phosphoric ester groups is 1. The molecule has 13 nitrogen and oxygen atoms in total. The number of rotatable bonds is 35. The summed E-state index contributed by atoms with van der Waals surface area (Å²) >= 11 is 0. The van der Waals surface area contributed by atoms with Crippen molar-refractivity contribution in [1.29, 1.82) is 0 Å². The van der Waals surface area contributed by atoms with Crippen molar-refractivity contribution in [2.75, 3.05) is 13.2 Å². The third-order valence-corrected chi connectivity index (χ3v) is 10.8. The van der Waals surface area contributed by atoms with Gasteiger partial charge < -0.3 is 39.9 Å². The van der Waals surface area contributed by atoms with Gasteiger partial charge in [-0.3, -0.25) is 18.6 Å². The van der Waals surface area contributed by atoms with Crippen molar-refractivity contribution in [2.24, 2.45) is 0 Å². The van der Waals surface area contributed by atoms with Crippen LogP contribution in [-0.2, 0) is 32.7 Å². The summed E-state index contributed by atoms with van der Waals surface area (Å²) in [4.78, 5) is 35.6. The van der Waals surface area contributed by atoms with Crippen molar-refractivity contribution >= 4 is 19.8 Å². The lowest BCUT2D eigenvalue weighted by Crippen LogP contribution is -2.64. The number of unbranched alkanes of at least 4 members (excludes halogenated alkanes) is 13. The smallest absolute Gasteiger partial charge is 0.462 e. The molecule has 1 aliphatic rings. The molecular formula is C45H77O13P. The topological polar surface area (TPSA) is 210 Å². The molecule has 0 aromatic carbocycles. The first-order chi connectivity index (χ1) is 28.4. The Kier molecular flexibility index (Phi) is 32.5. The number of aliphatic hydroxyl groups excluding tert-OH is 5. The van der Waals surface area contributed by atoms with Gasteiger partial charge in [-0.1, -0.05) is 132 Å². The van der Waals surface area contributed by atoms with Crippen LogP contribution in [0.4, 0.5) is 0 Å². The van der Waals surface area contributed by atoms with Crippen LogP contribution in [0.1, 0.15) is 155 Å². The summed E-state index contributed by atoms with van der Waals surface area (Å²) in [5.74, 6) is -1.16. The van der Waals surface area contributed by atoms with Crippen molar-refractivity contribution in [1.82, 2.24) is 0 Å². The lowest BCUT2D eigenvalue weighted by atomic mass is 9.85. The lowest BCUT2D eigenvalue weighted by Gasteiger charge is -2.41. The molecule has 8 atom stereocenters. The van der Waals surface area contributed by atoms with Crippen LogP contribution in [0.2, 0.25) is 0 Å². The van der Waals surface area contributed by atoms with Crippen LogP contribution in [0.15, 0.2) is 60.8 Å². The fourth-order valence-corrected chi connectivity index (χ4v) is 7.23. The number of aliphatic hydroxyl groups is 5. The van der Waals surface area contributed by atoms with Crippen molar-refractivity contribution in [3.63, 3.8) is 0 Å². The fraction of sp³-hybridized carbons (Fsp3) is 0.733. The number of esters is 2. The molecule has 0 bridgehead atoms. The Morgan fingerprint density at radius 3 is 1.53 bits per heavy atom. The zero-order valence-corrected chi connectivity index (χ0v) is 36.7. The van der Waals surface area contributed by atoms with E-state index in [1.165, 1.54) is 44.9 Å². The molecule has 59 heavy (non-hydrogen) atoms. The van der Waals surface area contributed by atoms with Gasteiger partial charge in [-0.05, 0) is 70.6 Å². The van der Waals surface area contributed by atoms with E-state index in [4.69, 9.17) is 18.5 Å². The molecule has 0 saturated heterocycles. The van der Waals surface area contributed by atoms with E-state index in [-0.39, 0.29) is 12.8 Å². The maximum Gasteiger partial charge on any atom is 0.472 e. The second-order valence-electron chi connectivity index (χ2n) is 15.2. The first-order valence-electron chi connectivity index (χ1n) is 22.1. The summed E-state index contributed by atoms with van der Waals surface area (Å²) < 4.78 is 33.4. The Balaban J connectivity index is 2.51. The van der Waals surface area contributed by atoms with E-state index in [0.717, 1.165) is 64.2 Å². The number of ether oxygens (including phenoxy) is 2. The number of carbonyl (C=O) groups is 2. The molecule has 0 aliphatic heterocycles. The molecule has 0 aromatic rings. The highest BCUT2D eigenvalue weighted by atomic mass is 31.2. The first-order valence-corrected chi connectivity index (χ1v) is 23.6. The van der Waals surface area contributed by atoms with Gasteiger partial charge in [0.1, 0.15) is 43.2 Å². The highest BCUT2D eigenvalue weighted by Gasteiger charge is 2.51. The average molecular weight is 857 g/mol. The molecule has 1 aliphatic carbocycles. The van der Waals surface area contributed by atoms with Gasteiger partial charge in [0.15, 0.2) is 6.10 Å². The number of phosphoric acid groups is 1. The van der Waals surface area contributed by atoms with E-state index >= 15 is 0 Å². The molecule has 0 radical (unpaired) electrons. The van der Waals surface area contributed by atoms with Crippen molar-refractivity contribution in [3.05, 3.63) is 60.8 Å². The Bertz CT molecular complexity index is 1270. The summed E-state index contributed by atoms with van der Waals surface area (Å²) in [6.07, 6.45) is 28.5. The molecular weight excluding hydrogens is 779 g/mol. The van der Waals surface area contributed by atoms with Crippen LogP contribution in [-0.4, -0.2) is 98.3 Å². The predicted octanol–water partition coefficient (Wildman–Crippen LogP) is 8.16. The molecule has 14 heteroatoms. The monoisotopic (exact) mass is 857 g/mol. The van der Waals surface area contributed by atoms with Gasteiger partial charge in [-0.25, -0.2) is 4.57 Å². The Morgan fingerprint density at radius 2 is 0.966 bits per heavy atom. The standard InChI is InChI=1S/C45H77O13P/c1-3-5-7-9-11-13-15-17-19-21-23-25-27-29-31-33-38(46)55-35-37(36-56-59(53,54)58-45-43(51)41(49)40(48)42(50)44(45)52)57-39(47)34-32-30-28-26-24-22-20-18-16-14-12-10-8-6-4-2/h6,8-9,11-12,14,18,20,24,26,37,40-45,48-52H,3-5,7,10,13,15-17,19,21-23,25,27-36H2,1-2H3,(H,53,54)/b8-6+,11-9+,14-12+,20-18+,26-24+/t37-,40?,41-,42?,43?,44?,45?/m1/s1. The van der Waals surface area contributed by atoms with Crippen LogP contribution < -0.4 is 0 Å². The van der Waals surface area contributed by atoms with E-state index in [0.29, 0.717) is 19.3 Å². The summed E-state index contributed by atoms with van der Waals surface area (Å²) in [5, 5.41) is 50.1. The number of allylic oxidation sites excluding steroid dienone is 10. The molecule has 6 unspecified atom stereocenters. The minimum absolute atomic E-state index is 0.0419. The Hall–Kier alpha value is -2.45. The molecule has 1 rings (SSSR count). The van der Waals surface area contributed by atoms with Crippen LogP contribution in [0.25, 0.3) is 0 Å². The fourth-order valence-electron chi connectivity index (χ4n) is 6.26. The van der Waals surface area contributed by atoms with Gasteiger partial charge in [0.05, 0.1) is 6.61 Å². The third kappa shape index (κ3) is 27.9. The number of hydrogen-bond acceptors (Lipinski definition) is 12.